The highest BCUT2D eigenvalue weighted by Crippen LogP contribution is 2.27. The first-order chi connectivity index (χ1) is 14.9. The fourth-order valence-electron chi connectivity index (χ4n) is 3.21. The number of benzene rings is 2. The number of amides is 2. The van der Waals surface area contributed by atoms with Gasteiger partial charge >= 0.3 is 0 Å². The molecule has 0 aliphatic heterocycles. The molecule has 7 heteroatoms. The van der Waals surface area contributed by atoms with Gasteiger partial charge < -0.3 is 15.0 Å². The maximum Gasteiger partial charge on any atom is 0.261 e. The van der Waals surface area contributed by atoms with Crippen molar-refractivity contribution >= 4 is 35.0 Å². The first-order valence-electron chi connectivity index (χ1n) is 10.6. The molecule has 0 bridgehead atoms. The molecule has 0 unspecified atom stereocenters. The van der Waals surface area contributed by atoms with Crippen LogP contribution in [0.2, 0.25) is 10.0 Å². The van der Waals surface area contributed by atoms with E-state index in [0.29, 0.717) is 34.3 Å². The molecule has 2 aromatic rings. The number of hydrogen-bond acceptors (Lipinski definition) is 3. The lowest BCUT2D eigenvalue weighted by Gasteiger charge is -2.31. The SMILES string of the molecule is CCCCNC(=O)[C@H](CC)N(Cc1c(Cl)cccc1Cl)C(=O)COc1cccc(C)c1. The molecule has 0 fully saturated rings. The third-order valence-corrected chi connectivity index (χ3v) is 5.67. The van der Waals surface area contributed by atoms with Crippen LogP contribution in [0.1, 0.15) is 44.2 Å². The molecule has 2 aromatic carbocycles. The number of carbonyl (C=O) groups excluding carboxylic acids is 2. The number of ether oxygens (including phenoxy) is 1. The summed E-state index contributed by atoms with van der Waals surface area (Å²) in [7, 11) is 0. The van der Waals surface area contributed by atoms with E-state index in [1.807, 2.05) is 32.0 Å². The van der Waals surface area contributed by atoms with Crippen molar-refractivity contribution < 1.29 is 14.3 Å². The van der Waals surface area contributed by atoms with Crippen LogP contribution in [0.15, 0.2) is 42.5 Å². The lowest BCUT2D eigenvalue weighted by molar-refractivity contribution is -0.143. The molecule has 31 heavy (non-hydrogen) atoms. The Morgan fingerprint density at radius 1 is 1.10 bits per heavy atom. The van der Waals surface area contributed by atoms with Crippen molar-refractivity contribution in [2.24, 2.45) is 0 Å². The first kappa shape index (κ1) is 25.0. The van der Waals surface area contributed by atoms with Gasteiger partial charge in [0.25, 0.3) is 5.91 Å². The Hall–Kier alpha value is -2.24. The molecule has 0 aliphatic carbocycles. The van der Waals surface area contributed by atoms with E-state index in [-0.39, 0.29) is 25.0 Å². The summed E-state index contributed by atoms with van der Waals surface area (Å²) in [6, 6.07) is 12.0. The number of nitrogens with one attached hydrogen (secondary N) is 1. The molecular weight excluding hydrogens is 435 g/mol. The van der Waals surface area contributed by atoms with Gasteiger partial charge in [0, 0.05) is 28.7 Å². The summed E-state index contributed by atoms with van der Waals surface area (Å²) in [5.74, 6) is 0.0996. The highest BCUT2D eigenvalue weighted by Gasteiger charge is 2.29. The number of rotatable bonds is 11. The van der Waals surface area contributed by atoms with Crippen LogP contribution in [0.4, 0.5) is 0 Å². The largest absolute Gasteiger partial charge is 0.484 e. The summed E-state index contributed by atoms with van der Waals surface area (Å²) in [5, 5.41) is 3.83. The molecule has 168 valence electrons. The molecule has 2 amide bonds. The highest BCUT2D eigenvalue weighted by atomic mass is 35.5. The summed E-state index contributed by atoms with van der Waals surface area (Å²) in [6.07, 6.45) is 2.30. The van der Waals surface area contributed by atoms with E-state index in [2.05, 4.69) is 12.2 Å². The number of hydrogen-bond donors (Lipinski definition) is 1. The van der Waals surface area contributed by atoms with Gasteiger partial charge in [-0.05, 0) is 49.6 Å². The number of nitrogens with zero attached hydrogens (tertiary/aromatic N) is 1. The Bertz CT molecular complexity index is 869. The van der Waals surface area contributed by atoms with E-state index in [1.54, 1.807) is 24.3 Å². The Labute approximate surface area is 194 Å². The zero-order valence-corrected chi connectivity index (χ0v) is 19.8. The minimum Gasteiger partial charge on any atom is -0.484 e. The van der Waals surface area contributed by atoms with Gasteiger partial charge in [-0.15, -0.1) is 0 Å². The van der Waals surface area contributed by atoms with E-state index >= 15 is 0 Å². The normalized spacial score (nSPS) is 11.6. The van der Waals surface area contributed by atoms with E-state index < -0.39 is 6.04 Å². The second kappa shape index (κ2) is 12.6. The lowest BCUT2D eigenvalue weighted by Crippen LogP contribution is -2.50. The monoisotopic (exact) mass is 464 g/mol. The van der Waals surface area contributed by atoms with E-state index in [4.69, 9.17) is 27.9 Å². The van der Waals surface area contributed by atoms with E-state index in [9.17, 15) is 9.59 Å². The van der Waals surface area contributed by atoms with E-state index in [1.165, 1.54) is 4.90 Å². The zero-order valence-electron chi connectivity index (χ0n) is 18.3. The molecule has 0 saturated carbocycles. The van der Waals surface area contributed by atoms with Crippen molar-refractivity contribution in [1.82, 2.24) is 10.2 Å². The fourth-order valence-corrected chi connectivity index (χ4v) is 3.73. The minimum absolute atomic E-state index is 0.119. The van der Waals surface area contributed by atoms with Gasteiger partial charge in [0.15, 0.2) is 6.61 Å². The topological polar surface area (TPSA) is 58.6 Å². The molecule has 0 saturated heterocycles. The predicted molar refractivity (Wildman–Crippen MR) is 126 cm³/mol. The molecule has 0 aliphatic rings. The molecule has 2 rings (SSSR count). The molecule has 1 N–H and O–H groups in total. The fraction of sp³-hybridized carbons (Fsp3) is 0.417. The summed E-state index contributed by atoms with van der Waals surface area (Å²) < 4.78 is 5.71. The van der Waals surface area contributed by atoms with Crippen LogP contribution >= 0.6 is 23.2 Å². The summed E-state index contributed by atoms with van der Waals surface area (Å²) >= 11 is 12.7. The van der Waals surface area contributed by atoms with Gasteiger partial charge in [-0.2, -0.15) is 0 Å². The smallest absolute Gasteiger partial charge is 0.261 e. The first-order valence-corrected chi connectivity index (χ1v) is 11.3. The van der Waals surface area contributed by atoms with Crippen LogP contribution in [0.5, 0.6) is 5.75 Å². The average Bonchev–Trinajstić information content (AvgIpc) is 2.74. The Morgan fingerprint density at radius 3 is 2.39 bits per heavy atom. The minimum atomic E-state index is -0.655. The van der Waals surface area contributed by atoms with Crippen molar-refractivity contribution in [2.45, 2.75) is 52.6 Å². The van der Waals surface area contributed by atoms with Gasteiger partial charge in [0.2, 0.25) is 5.91 Å². The molecular formula is C24H30Cl2N2O3. The third-order valence-electron chi connectivity index (χ3n) is 4.96. The summed E-state index contributed by atoms with van der Waals surface area (Å²) in [4.78, 5) is 27.6. The van der Waals surface area contributed by atoms with E-state index in [0.717, 1.165) is 18.4 Å². The van der Waals surface area contributed by atoms with Crippen LogP contribution in [-0.4, -0.2) is 35.9 Å². The maximum atomic E-state index is 13.2. The second-order valence-corrected chi connectivity index (χ2v) is 8.21. The van der Waals surface area contributed by atoms with Gasteiger partial charge in [0.05, 0.1) is 0 Å². The maximum absolute atomic E-state index is 13.2. The molecule has 0 radical (unpaired) electrons. The van der Waals surface area contributed by atoms with Crippen molar-refractivity contribution in [3.05, 3.63) is 63.6 Å². The lowest BCUT2D eigenvalue weighted by atomic mass is 10.1. The second-order valence-electron chi connectivity index (χ2n) is 7.40. The van der Waals surface area contributed by atoms with Crippen LogP contribution in [-0.2, 0) is 16.1 Å². The third kappa shape index (κ3) is 7.44. The quantitative estimate of drug-likeness (QED) is 0.452. The van der Waals surface area contributed by atoms with Crippen LogP contribution < -0.4 is 10.1 Å². The van der Waals surface area contributed by atoms with Crippen LogP contribution in [0, 0.1) is 6.92 Å². The van der Waals surface area contributed by atoms with Crippen molar-refractivity contribution in [3.63, 3.8) is 0 Å². The summed E-state index contributed by atoms with van der Waals surface area (Å²) in [5.41, 5.74) is 1.64. The Balaban J connectivity index is 2.24. The number of aryl methyl sites for hydroxylation is 1. The van der Waals surface area contributed by atoms with Gasteiger partial charge in [-0.3, -0.25) is 9.59 Å². The molecule has 1 atom stereocenters. The molecule has 5 nitrogen and oxygen atoms in total. The van der Waals surface area contributed by atoms with Gasteiger partial charge in [-0.1, -0.05) is 61.7 Å². The van der Waals surface area contributed by atoms with Crippen molar-refractivity contribution in [1.29, 1.82) is 0 Å². The Kier molecular flexibility index (Phi) is 10.2. The number of unbranched alkanes of at least 4 members (excludes halogenated alkanes) is 1. The zero-order chi connectivity index (χ0) is 22.8. The highest BCUT2D eigenvalue weighted by molar-refractivity contribution is 6.36. The van der Waals surface area contributed by atoms with Gasteiger partial charge in [-0.25, -0.2) is 0 Å². The summed E-state index contributed by atoms with van der Waals surface area (Å²) in [6.45, 7) is 6.38. The van der Waals surface area contributed by atoms with Crippen molar-refractivity contribution in [3.8, 4) is 5.75 Å². The number of halogens is 2. The Morgan fingerprint density at radius 2 is 1.77 bits per heavy atom. The molecule has 0 aromatic heterocycles. The average molecular weight is 465 g/mol. The molecule has 0 heterocycles. The van der Waals surface area contributed by atoms with Gasteiger partial charge in [0.1, 0.15) is 11.8 Å². The number of carbonyl (C=O) groups is 2. The standard InChI is InChI=1S/C24H30Cl2N2O3/c1-4-6-13-27-24(30)22(5-2)28(15-19-20(25)11-8-12-21(19)26)23(29)16-31-18-10-7-9-17(3)14-18/h7-12,14,22H,4-6,13,15-16H2,1-3H3,(H,27,30)/t22-/m0/s1. The van der Waals surface area contributed by atoms with Crippen LogP contribution in [0.25, 0.3) is 0 Å². The van der Waals surface area contributed by atoms with Crippen molar-refractivity contribution in [2.75, 3.05) is 13.2 Å². The predicted octanol–water partition coefficient (Wildman–Crippen LogP) is 5.40. The molecule has 0 spiro atoms. The van der Waals surface area contributed by atoms with Crippen LogP contribution in [0.3, 0.4) is 0 Å².